The van der Waals surface area contributed by atoms with Crippen molar-refractivity contribution in [3.63, 3.8) is 0 Å². The molecule has 0 aliphatic carbocycles. The summed E-state index contributed by atoms with van der Waals surface area (Å²) in [6.45, 7) is 20.8. The molecule has 0 amide bonds. The van der Waals surface area contributed by atoms with Crippen molar-refractivity contribution in [1.29, 1.82) is 15.8 Å². The van der Waals surface area contributed by atoms with Gasteiger partial charge in [0.05, 0.1) is 22.9 Å². The number of aryl methyl sites for hydroxylation is 6. The quantitative estimate of drug-likeness (QED) is 0.0196. The van der Waals surface area contributed by atoms with E-state index in [1.807, 2.05) is 27.7 Å². The maximum absolute atomic E-state index is 11.4. The molecule has 7 rings (SSSR count). The van der Waals surface area contributed by atoms with E-state index in [4.69, 9.17) is 10.1 Å². The number of pyridine rings is 1. The van der Waals surface area contributed by atoms with E-state index in [2.05, 4.69) is 142 Å². The van der Waals surface area contributed by atoms with E-state index < -0.39 is 22.4 Å². The number of carboxylic acid groups (broad SMARTS) is 2. The van der Waals surface area contributed by atoms with Gasteiger partial charge < -0.3 is 36.4 Å². The standard InChI is InChI=1S/C56H65N21O4S3/c1-12-13-18-75(45-34(6)23-31(3)24-35(45)7)51-41(27-59)36(8)43(50(64-51)63-42-32(4)21-30(2)22-33(42)5)67-69-46-39(25-57)28-76(73-46)55-71-72-56(84-55)77-29-40(26-58)47(74-77)70-68-44-48(61-16-14-19-82-37(9)52(78)79)65-54(60-11)66-49(44)62-17-15-20-83-38(10)53(80)81/h21-24,28-29,37-38H,12-20H2,1-11H3,(H,63,64)(H,78,79)(H,80,81)(H3,60,61,62,65,66). The highest BCUT2D eigenvalue weighted by Crippen LogP contribution is 2.43. The molecule has 0 spiro atoms. The number of hydrogen-bond donors (Lipinski definition) is 6. The van der Waals surface area contributed by atoms with Crippen LogP contribution in [0.2, 0.25) is 0 Å². The summed E-state index contributed by atoms with van der Waals surface area (Å²) in [6, 6.07) is 15.1. The summed E-state index contributed by atoms with van der Waals surface area (Å²) in [4.78, 5) is 39.3. The Morgan fingerprint density at radius 2 is 1.18 bits per heavy atom. The van der Waals surface area contributed by atoms with Crippen molar-refractivity contribution in [2.75, 3.05) is 64.4 Å². The molecule has 436 valence electrons. The number of anilines is 7. The van der Waals surface area contributed by atoms with Gasteiger partial charge in [0, 0.05) is 43.6 Å². The van der Waals surface area contributed by atoms with Gasteiger partial charge in [-0.25, -0.2) is 14.3 Å². The number of benzene rings is 2. The lowest BCUT2D eigenvalue weighted by Gasteiger charge is -2.30. The number of aliphatic carboxylic acids is 2. The number of rotatable bonds is 28. The van der Waals surface area contributed by atoms with Crippen molar-refractivity contribution in [3.8, 4) is 28.5 Å². The Morgan fingerprint density at radius 3 is 1.63 bits per heavy atom. The third kappa shape index (κ3) is 15.1. The van der Waals surface area contributed by atoms with E-state index in [-0.39, 0.29) is 50.3 Å². The molecule has 2 aromatic carbocycles. The first kappa shape index (κ1) is 62.6. The van der Waals surface area contributed by atoms with Crippen molar-refractivity contribution in [3.05, 3.63) is 92.3 Å². The minimum Gasteiger partial charge on any atom is -0.480 e. The number of nitrogens with zero attached hydrogens (tertiary/aromatic N) is 17. The first-order valence-corrected chi connectivity index (χ1v) is 29.8. The van der Waals surface area contributed by atoms with Crippen LogP contribution in [0.5, 0.6) is 0 Å². The molecule has 0 aliphatic heterocycles. The van der Waals surface area contributed by atoms with Crippen LogP contribution in [0.15, 0.2) is 57.1 Å². The highest BCUT2D eigenvalue weighted by atomic mass is 32.2. The number of aromatic nitrogens is 9. The third-order valence-electron chi connectivity index (χ3n) is 13.0. The van der Waals surface area contributed by atoms with Crippen LogP contribution >= 0.6 is 34.9 Å². The molecule has 0 radical (unpaired) electrons. The molecule has 0 aliphatic rings. The van der Waals surface area contributed by atoms with Crippen LogP contribution in [0.4, 0.5) is 63.6 Å². The maximum Gasteiger partial charge on any atom is 0.316 e. The maximum atomic E-state index is 11.4. The van der Waals surface area contributed by atoms with Crippen molar-refractivity contribution < 1.29 is 19.8 Å². The fourth-order valence-electron chi connectivity index (χ4n) is 8.90. The molecule has 7 aromatic rings. The number of hydrogen-bond acceptors (Lipinski definition) is 24. The van der Waals surface area contributed by atoms with Gasteiger partial charge >= 0.3 is 11.9 Å². The zero-order valence-corrected chi connectivity index (χ0v) is 51.0. The van der Waals surface area contributed by atoms with Gasteiger partial charge in [0.1, 0.15) is 40.6 Å². The van der Waals surface area contributed by atoms with E-state index in [9.17, 15) is 35.6 Å². The number of carbonyl (C=O) groups is 2. The Bertz CT molecular complexity index is 3660. The van der Waals surface area contributed by atoms with Crippen LogP contribution in [0.3, 0.4) is 0 Å². The first-order valence-electron chi connectivity index (χ1n) is 26.9. The van der Waals surface area contributed by atoms with E-state index >= 15 is 0 Å². The number of thioether (sulfide) groups is 2. The smallest absolute Gasteiger partial charge is 0.316 e. The van der Waals surface area contributed by atoms with Crippen LogP contribution < -0.4 is 26.2 Å². The van der Waals surface area contributed by atoms with Gasteiger partial charge in [0.15, 0.2) is 29.0 Å². The van der Waals surface area contributed by atoms with Crippen LogP contribution in [0.1, 0.15) is 102 Å². The summed E-state index contributed by atoms with van der Waals surface area (Å²) in [5, 5.41) is 98.4. The molecule has 5 aromatic heterocycles. The molecule has 6 N–H and O–H groups in total. The van der Waals surface area contributed by atoms with Crippen molar-refractivity contribution >= 4 is 110 Å². The van der Waals surface area contributed by atoms with Crippen molar-refractivity contribution in [2.24, 2.45) is 20.5 Å². The molecule has 0 saturated carbocycles. The van der Waals surface area contributed by atoms with Crippen LogP contribution in [0, 0.1) is 82.5 Å². The second-order valence-electron chi connectivity index (χ2n) is 19.6. The van der Waals surface area contributed by atoms with Crippen molar-refractivity contribution in [2.45, 2.75) is 105 Å². The SMILES string of the molecule is CCCCN(c1nc(Nc2c(C)cc(C)cc2C)c(N=Nc2nn(-c3nnc(-n4cc(C#N)c(N=Nc5c(NCCCSC(C)C(=O)O)nc(NC)nc5NCCCSC(C)C(=O)O)n4)s3)cc2C#N)c(C)c1C#N)c1c(C)cc(C)cc1C. The third-order valence-corrected chi connectivity index (χ3v) is 16.4. The van der Waals surface area contributed by atoms with Gasteiger partial charge in [0.2, 0.25) is 27.8 Å². The molecular formula is C56H65N21O4S3. The Labute approximate surface area is 499 Å². The highest BCUT2D eigenvalue weighted by Gasteiger charge is 2.27. The second-order valence-corrected chi connectivity index (χ2v) is 23.4. The van der Waals surface area contributed by atoms with E-state index in [0.717, 1.165) is 68.9 Å². The average molecular weight is 1190 g/mol. The van der Waals surface area contributed by atoms with E-state index in [1.165, 1.54) is 45.3 Å². The number of nitriles is 3. The summed E-state index contributed by atoms with van der Waals surface area (Å²) < 4.78 is 2.65. The van der Waals surface area contributed by atoms with Gasteiger partial charge in [0.25, 0.3) is 0 Å². The van der Waals surface area contributed by atoms with Gasteiger partial charge in [-0.15, -0.1) is 64.4 Å². The zero-order valence-electron chi connectivity index (χ0n) is 48.5. The number of nitrogens with one attached hydrogen (secondary N) is 4. The van der Waals surface area contributed by atoms with Crippen LogP contribution in [0.25, 0.3) is 10.3 Å². The normalized spacial score (nSPS) is 12.0. The summed E-state index contributed by atoms with van der Waals surface area (Å²) in [5.74, 6) is 0.891. The number of carboxylic acids is 2. The number of azo groups is 2. The van der Waals surface area contributed by atoms with E-state index in [0.29, 0.717) is 78.4 Å². The van der Waals surface area contributed by atoms with Crippen LogP contribution in [-0.4, -0.2) is 116 Å². The summed E-state index contributed by atoms with van der Waals surface area (Å²) in [6.07, 6.45) is 5.79. The zero-order chi connectivity index (χ0) is 60.8. The van der Waals surface area contributed by atoms with E-state index in [1.54, 1.807) is 20.9 Å². The fraction of sp³-hybridized carbons (Fsp3) is 0.393. The monoisotopic (exact) mass is 1190 g/mol. The Hall–Kier alpha value is -9.04. The molecule has 25 nitrogen and oxygen atoms in total. The molecule has 2 atom stereocenters. The summed E-state index contributed by atoms with van der Waals surface area (Å²) >= 11 is 3.66. The lowest BCUT2D eigenvalue weighted by Crippen LogP contribution is -2.23. The molecular weight excluding hydrogens is 1130 g/mol. The molecule has 28 heteroatoms. The average Bonchev–Trinajstić information content (AvgIpc) is 3.96. The van der Waals surface area contributed by atoms with Gasteiger partial charge in [-0.2, -0.15) is 25.8 Å². The lowest BCUT2D eigenvalue weighted by molar-refractivity contribution is -0.137. The predicted octanol–water partition coefficient (Wildman–Crippen LogP) is 12.4. The Morgan fingerprint density at radius 1 is 0.690 bits per heavy atom. The highest BCUT2D eigenvalue weighted by molar-refractivity contribution is 8.00. The molecule has 5 heterocycles. The van der Waals surface area contributed by atoms with Crippen LogP contribution in [-0.2, 0) is 9.59 Å². The van der Waals surface area contributed by atoms with Gasteiger partial charge in [-0.05, 0) is 115 Å². The minimum atomic E-state index is -0.896. The molecule has 2 unspecified atom stereocenters. The summed E-state index contributed by atoms with van der Waals surface area (Å²) in [5.41, 5.74) is 9.52. The molecule has 0 fully saturated rings. The largest absolute Gasteiger partial charge is 0.480 e. The lowest BCUT2D eigenvalue weighted by atomic mass is 10.0. The van der Waals surface area contributed by atoms with Gasteiger partial charge in [-0.1, -0.05) is 60.1 Å². The topological polar surface area (TPSA) is 347 Å². The molecule has 0 saturated heterocycles. The Balaban J connectivity index is 1.21. The molecule has 0 bridgehead atoms. The number of unbranched alkanes of at least 4 members (excludes halogenated alkanes) is 1. The minimum absolute atomic E-state index is 0.0401. The molecule has 84 heavy (non-hydrogen) atoms. The van der Waals surface area contributed by atoms with Crippen molar-refractivity contribution in [1.82, 2.24) is 44.7 Å². The predicted molar refractivity (Wildman–Crippen MR) is 329 cm³/mol. The Kier molecular flexibility index (Phi) is 21.4. The fourth-order valence-corrected chi connectivity index (χ4v) is 11.2. The second kappa shape index (κ2) is 28.8. The summed E-state index contributed by atoms with van der Waals surface area (Å²) in [7, 11) is 1.66. The first-order chi connectivity index (χ1) is 40.3. The van der Waals surface area contributed by atoms with Gasteiger partial charge in [-0.3, -0.25) is 9.59 Å².